The van der Waals surface area contributed by atoms with E-state index in [1.54, 1.807) is 6.21 Å². The van der Waals surface area contributed by atoms with Crippen molar-refractivity contribution in [3.63, 3.8) is 0 Å². The van der Waals surface area contributed by atoms with Crippen LogP contribution in [0.15, 0.2) is 105 Å². The number of carbonyl (C=O) groups excluding carboxylic acids is 1. The molecule has 0 fully saturated rings. The molecule has 4 aromatic carbocycles. The van der Waals surface area contributed by atoms with Gasteiger partial charge in [-0.05, 0) is 72.0 Å². The second-order valence-electron chi connectivity index (χ2n) is 8.70. The maximum atomic E-state index is 12.4. The number of hydrogen-bond acceptors (Lipinski definition) is 5. The van der Waals surface area contributed by atoms with Gasteiger partial charge in [0.25, 0.3) is 0 Å². The van der Waals surface area contributed by atoms with Crippen molar-refractivity contribution in [1.82, 2.24) is 5.43 Å². The van der Waals surface area contributed by atoms with Crippen molar-refractivity contribution in [3.05, 3.63) is 123 Å². The predicted molar refractivity (Wildman–Crippen MR) is 158 cm³/mol. The lowest BCUT2D eigenvalue weighted by molar-refractivity contribution is -0.118. The number of amides is 1. The van der Waals surface area contributed by atoms with Crippen molar-refractivity contribution < 1.29 is 14.3 Å². The summed E-state index contributed by atoms with van der Waals surface area (Å²) in [6, 6.07) is 29.7. The predicted octanol–water partition coefficient (Wildman–Crippen LogP) is 7.47. The van der Waals surface area contributed by atoms with E-state index in [0.29, 0.717) is 24.7 Å². The Hall–Kier alpha value is -3.55. The fraction of sp³-hybridized carbons (Fsp3) is 0.161. The van der Waals surface area contributed by atoms with E-state index in [-0.39, 0.29) is 11.7 Å². The molecule has 1 amide bonds. The number of aryl methyl sites for hydroxylation is 2. The average molecular weight is 590 g/mol. The van der Waals surface area contributed by atoms with Crippen molar-refractivity contribution in [1.29, 1.82) is 0 Å². The SMILES string of the molecule is Cc1cc(SCC(=O)NN=Cc2ccc(OCc3ccccc3)c(OCc3ccccc3)c2)c(C)cc1Br. The van der Waals surface area contributed by atoms with Gasteiger partial charge in [-0.2, -0.15) is 5.10 Å². The van der Waals surface area contributed by atoms with E-state index < -0.39 is 0 Å². The maximum Gasteiger partial charge on any atom is 0.250 e. The third-order valence-electron chi connectivity index (χ3n) is 5.66. The minimum atomic E-state index is -0.172. The van der Waals surface area contributed by atoms with Gasteiger partial charge in [-0.3, -0.25) is 4.79 Å². The standard InChI is InChI=1S/C31H29BrN2O3S/c1-22-16-30(23(2)15-27(22)32)38-21-31(35)34-33-18-26-13-14-28(36-19-24-9-5-3-6-10-24)29(17-26)37-20-25-11-7-4-8-12-25/h3-18H,19-21H2,1-2H3,(H,34,35). The highest BCUT2D eigenvalue weighted by Gasteiger charge is 2.09. The molecular formula is C31H29BrN2O3S. The number of nitrogens with one attached hydrogen (secondary N) is 1. The zero-order chi connectivity index (χ0) is 26.7. The number of benzene rings is 4. The molecule has 38 heavy (non-hydrogen) atoms. The quantitative estimate of drug-likeness (QED) is 0.112. The third kappa shape index (κ3) is 8.23. The van der Waals surface area contributed by atoms with Crippen LogP contribution in [0.4, 0.5) is 0 Å². The van der Waals surface area contributed by atoms with Crippen LogP contribution in [0.25, 0.3) is 0 Å². The molecule has 5 nitrogen and oxygen atoms in total. The fourth-order valence-electron chi connectivity index (χ4n) is 3.57. The molecule has 7 heteroatoms. The van der Waals surface area contributed by atoms with Gasteiger partial charge in [0.1, 0.15) is 13.2 Å². The van der Waals surface area contributed by atoms with Crippen LogP contribution in [-0.2, 0) is 18.0 Å². The second-order valence-corrected chi connectivity index (χ2v) is 10.6. The summed E-state index contributed by atoms with van der Waals surface area (Å²) >= 11 is 5.04. The summed E-state index contributed by atoms with van der Waals surface area (Å²) in [6.45, 7) is 4.91. The van der Waals surface area contributed by atoms with Crippen LogP contribution in [0.1, 0.15) is 27.8 Å². The van der Waals surface area contributed by atoms with Crippen LogP contribution < -0.4 is 14.9 Å². The van der Waals surface area contributed by atoms with Crippen molar-refractivity contribution in [3.8, 4) is 11.5 Å². The first-order valence-electron chi connectivity index (χ1n) is 12.2. The largest absolute Gasteiger partial charge is 0.485 e. The van der Waals surface area contributed by atoms with Crippen molar-refractivity contribution in [2.24, 2.45) is 5.10 Å². The first-order chi connectivity index (χ1) is 18.5. The summed E-state index contributed by atoms with van der Waals surface area (Å²) in [4.78, 5) is 13.5. The van der Waals surface area contributed by atoms with Crippen LogP contribution in [-0.4, -0.2) is 17.9 Å². The smallest absolute Gasteiger partial charge is 0.250 e. The van der Waals surface area contributed by atoms with Gasteiger partial charge < -0.3 is 9.47 Å². The summed E-state index contributed by atoms with van der Waals surface area (Å²) in [5, 5.41) is 4.15. The molecule has 0 aliphatic carbocycles. The lowest BCUT2D eigenvalue weighted by Gasteiger charge is -2.14. The highest BCUT2D eigenvalue weighted by Crippen LogP contribution is 2.30. The molecule has 194 valence electrons. The molecule has 1 N–H and O–H groups in total. The summed E-state index contributed by atoms with van der Waals surface area (Å²) < 4.78 is 13.2. The van der Waals surface area contributed by atoms with E-state index in [1.165, 1.54) is 11.8 Å². The lowest BCUT2D eigenvalue weighted by Crippen LogP contribution is -2.19. The zero-order valence-electron chi connectivity index (χ0n) is 21.3. The molecule has 0 saturated heterocycles. The molecule has 4 aromatic rings. The van der Waals surface area contributed by atoms with Crippen LogP contribution in [0.2, 0.25) is 0 Å². The van der Waals surface area contributed by atoms with Crippen LogP contribution in [0.3, 0.4) is 0 Å². The lowest BCUT2D eigenvalue weighted by atomic mass is 10.2. The van der Waals surface area contributed by atoms with Crippen LogP contribution >= 0.6 is 27.7 Å². The van der Waals surface area contributed by atoms with E-state index in [9.17, 15) is 4.79 Å². The van der Waals surface area contributed by atoms with Crippen LogP contribution in [0.5, 0.6) is 11.5 Å². The number of rotatable bonds is 11. The molecule has 4 rings (SSSR count). The van der Waals surface area contributed by atoms with E-state index >= 15 is 0 Å². The highest BCUT2D eigenvalue weighted by atomic mass is 79.9. The zero-order valence-corrected chi connectivity index (χ0v) is 23.7. The molecule has 0 unspecified atom stereocenters. The van der Waals surface area contributed by atoms with Crippen molar-refractivity contribution in [2.45, 2.75) is 32.0 Å². The van der Waals surface area contributed by atoms with E-state index in [2.05, 4.69) is 38.6 Å². The molecule has 0 saturated carbocycles. The molecule has 0 aliphatic heterocycles. The Kier molecular flexibility index (Phi) is 10.0. The number of ether oxygens (including phenoxy) is 2. The number of thioether (sulfide) groups is 1. The Morgan fingerprint density at radius 1 is 0.842 bits per heavy atom. The number of halogens is 1. The minimum Gasteiger partial charge on any atom is -0.485 e. The van der Waals surface area contributed by atoms with Gasteiger partial charge in [-0.25, -0.2) is 5.43 Å². The van der Waals surface area contributed by atoms with Gasteiger partial charge in [0, 0.05) is 9.37 Å². The first kappa shape index (κ1) is 27.5. The first-order valence-corrected chi connectivity index (χ1v) is 13.9. The molecule has 0 heterocycles. The van der Waals surface area contributed by atoms with Crippen LogP contribution in [0, 0.1) is 13.8 Å². The van der Waals surface area contributed by atoms with Crippen molar-refractivity contribution >= 4 is 39.8 Å². The number of hydrogen-bond donors (Lipinski definition) is 1. The minimum absolute atomic E-state index is 0.172. The number of hydrazone groups is 1. The average Bonchev–Trinajstić information content (AvgIpc) is 2.93. The van der Waals surface area contributed by atoms with Gasteiger partial charge in [0.2, 0.25) is 5.91 Å². The van der Waals surface area contributed by atoms with Gasteiger partial charge in [0.15, 0.2) is 11.5 Å². The monoisotopic (exact) mass is 588 g/mol. The number of nitrogens with zero attached hydrogens (tertiary/aromatic N) is 1. The number of carbonyl (C=O) groups is 1. The van der Waals surface area contributed by atoms with Gasteiger partial charge in [-0.1, -0.05) is 76.6 Å². The third-order valence-corrected chi connectivity index (χ3v) is 7.67. The maximum absolute atomic E-state index is 12.4. The Morgan fingerprint density at radius 2 is 1.47 bits per heavy atom. The summed E-state index contributed by atoms with van der Waals surface area (Å²) in [5.74, 6) is 1.35. The molecule has 0 spiro atoms. The van der Waals surface area contributed by atoms with Gasteiger partial charge in [-0.15, -0.1) is 11.8 Å². The summed E-state index contributed by atoms with van der Waals surface area (Å²) in [7, 11) is 0. The topological polar surface area (TPSA) is 59.9 Å². The Balaban J connectivity index is 1.39. The molecule has 0 aliphatic rings. The van der Waals surface area contributed by atoms with E-state index in [0.717, 1.165) is 37.2 Å². The van der Waals surface area contributed by atoms with Gasteiger partial charge in [0.05, 0.1) is 12.0 Å². The second kappa shape index (κ2) is 13.8. The van der Waals surface area contributed by atoms with Crippen molar-refractivity contribution in [2.75, 3.05) is 5.75 Å². The molecule has 0 bridgehead atoms. The Morgan fingerprint density at radius 3 is 2.13 bits per heavy atom. The van der Waals surface area contributed by atoms with E-state index in [4.69, 9.17) is 9.47 Å². The molecular weight excluding hydrogens is 560 g/mol. The molecule has 0 radical (unpaired) electrons. The summed E-state index contributed by atoms with van der Waals surface area (Å²) in [5.41, 5.74) is 7.79. The molecule has 0 aromatic heterocycles. The Labute approximate surface area is 236 Å². The fourth-order valence-corrected chi connectivity index (χ4v) is 4.93. The Bertz CT molecular complexity index is 1400. The summed E-state index contributed by atoms with van der Waals surface area (Å²) in [6.07, 6.45) is 1.61. The van der Waals surface area contributed by atoms with E-state index in [1.807, 2.05) is 92.7 Å². The molecule has 0 atom stereocenters. The normalized spacial score (nSPS) is 10.9. The van der Waals surface area contributed by atoms with Gasteiger partial charge >= 0.3 is 0 Å². The highest BCUT2D eigenvalue weighted by molar-refractivity contribution is 9.10.